The summed E-state index contributed by atoms with van der Waals surface area (Å²) in [6.07, 6.45) is 0.950. The van der Waals surface area contributed by atoms with Crippen molar-refractivity contribution in [2.45, 2.75) is 18.2 Å². The lowest BCUT2D eigenvalue weighted by atomic mass is 10.2. The summed E-state index contributed by atoms with van der Waals surface area (Å²) in [5.74, 6) is 0. The first-order valence-electron chi connectivity index (χ1n) is 3.82. The second-order valence-corrected chi connectivity index (χ2v) is 6.81. The Morgan fingerprint density at radius 1 is 1.46 bits per heavy atom. The Bertz CT molecular complexity index is 304. The predicted molar refractivity (Wildman–Crippen MR) is 59.1 cm³/mol. The van der Waals surface area contributed by atoms with Gasteiger partial charge < -0.3 is 0 Å². The van der Waals surface area contributed by atoms with Gasteiger partial charge in [0.1, 0.15) is 0 Å². The highest BCUT2D eigenvalue weighted by atomic mass is 33.3. The minimum atomic E-state index is -2.11. The van der Waals surface area contributed by atoms with Gasteiger partial charge in [-0.25, -0.2) is 0 Å². The molecule has 0 aliphatic heterocycles. The molecule has 0 aromatic heterocycles. The quantitative estimate of drug-likeness (QED) is 0.636. The van der Waals surface area contributed by atoms with Crippen LogP contribution >= 0.6 is 28.4 Å². The van der Waals surface area contributed by atoms with Crippen LogP contribution in [0.5, 0.6) is 0 Å². The van der Waals surface area contributed by atoms with Crippen molar-refractivity contribution in [2.75, 3.05) is 0 Å². The average molecular weight is 233 g/mol. The van der Waals surface area contributed by atoms with Gasteiger partial charge in [-0.05, 0) is 33.4 Å². The van der Waals surface area contributed by atoms with Crippen LogP contribution in [0, 0.1) is 0 Å². The molecule has 0 aliphatic carbocycles. The molecule has 0 spiro atoms. The smallest absolute Gasteiger partial charge is 0.150 e. The number of hydrogen-bond donors (Lipinski definition) is 1. The lowest BCUT2D eigenvalue weighted by Crippen LogP contribution is -1.81. The maximum atomic E-state index is 10.5. The molecular formula is C8H10O2PS2+. The largest absolute Gasteiger partial charge is 0.595 e. The van der Waals surface area contributed by atoms with Crippen LogP contribution in [0.25, 0.3) is 0 Å². The van der Waals surface area contributed by atoms with E-state index in [0.29, 0.717) is 0 Å². The minimum Gasteiger partial charge on any atom is -0.150 e. The highest BCUT2D eigenvalue weighted by Gasteiger charge is 2.15. The summed E-state index contributed by atoms with van der Waals surface area (Å²) in [7, 11) is 0.246. The molecule has 0 aliphatic rings. The van der Waals surface area contributed by atoms with Crippen LogP contribution in [0.1, 0.15) is 12.5 Å². The third-order valence-electron chi connectivity index (χ3n) is 1.54. The fraction of sp³-hybridized carbons (Fsp3) is 0.250. The zero-order valence-corrected chi connectivity index (χ0v) is 9.66. The standard InChI is InChI=1S/C8H9O2PS2/c1-2-7-5-3-4-6-8(7)12-13-11(9)10/h3-6H,2H2,1H3/p+1. The predicted octanol–water partition coefficient (Wildman–Crippen LogP) is 3.64. The van der Waals surface area contributed by atoms with E-state index in [-0.39, 0.29) is 0 Å². The molecule has 5 heteroatoms. The van der Waals surface area contributed by atoms with Crippen molar-refractivity contribution in [1.29, 1.82) is 0 Å². The summed E-state index contributed by atoms with van der Waals surface area (Å²) < 4.78 is 10.5. The molecule has 1 N–H and O–H groups in total. The van der Waals surface area contributed by atoms with E-state index in [1.165, 1.54) is 16.4 Å². The van der Waals surface area contributed by atoms with Gasteiger partial charge >= 0.3 is 7.23 Å². The van der Waals surface area contributed by atoms with Gasteiger partial charge in [0.2, 0.25) is 10.4 Å². The maximum Gasteiger partial charge on any atom is 0.595 e. The van der Waals surface area contributed by atoms with E-state index in [4.69, 9.17) is 4.89 Å². The minimum absolute atomic E-state index is 0.950. The highest BCUT2D eigenvalue weighted by molar-refractivity contribution is 8.96. The Hall–Kier alpha value is -0.0200. The molecule has 1 rings (SSSR count). The molecule has 0 amide bonds. The normalized spacial score (nSPS) is 11.4. The van der Waals surface area contributed by atoms with E-state index in [0.717, 1.165) is 21.7 Å². The van der Waals surface area contributed by atoms with E-state index >= 15 is 0 Å². The lowest BCUT2D eigenvalue weighted by Gasteiger charge is -2.00. The maximum absolute atomic E-state index is 10.5. The number of aryl methyl sites for hydroxylation is 1. The van der Waals surface area contributed by atoms with Crippen molar-refractivity contribution < 1.29 is 9.46 Å². The molecule has 1 aromatic carbocycles. The molecule has 1 aromatic rings. The molecule has 0 heterocycles. The fourth-order valence-electron chi connectivity index (χ4n) is 0.949. The topological polar surface area (TPSA) is 37.3 Å². The molecular weight excluding hydrogens is 223 g/mol. The van der Waals surface area contributed by atoms with Crippen LogP contribution in [0.15, 0.2) is 29.2 Å². The van der Waals surface area contributed by atoms with Crippen LogP contribution in [0.3, 0.4) is 0 Å². The van der Waals surface area contributed by atoms with Crippen molar-refractivity contribution in [3.8, 4) is 0 Å². The van der Waals surface area contributed by atoms with Gasteiger partial charge in [-0.1, -0.05) is 25.1 Å². The van der Waals surface area contributed by atoms with Crippen molar-refractivity contribution in [3.63, 3.8) is 0 Å². The summed E-state index contributed by atoms with van der Waals surface area (Å²) in [5, 5.41) is 0. The zero-order chi connectivity index (χ0) is 9.68. The number of hydrogen-bond acceptors (Lipinski definition) is 3. The fourth-order valence-corrected chi connectivity index (χ4v) is 3.76. The molecule has 0 bridgehead atoms. The summed E-state index contributed by atoms with van der Waals surface area (Å²) in [6.45, 7) is 2.07. The van der Waals surface area contributed by atoms with Crippen LogP contribution in [-0.4, -0.2) is 4.89 Å². The number of benzene rings is 1. The van der Waals surface area contributed by atoms with Crippen molar-refractivity contribution >= 4 is 28.4 Å². The Morgan fingerprint density at radius 2 is 2.15 bits per heavy atom. The van der Waals surface area contributed by atoms with E-state index in [2.05, 4.69) is 6.92 Å². The van der Waals surface area contributed by atoms with Gasteiger partial charge in [0.15, 0.2) is 0 Å². The van der Waals surface area contributed by atoms with Crippen LogP contribution in [0.2, 0.25) is 0 Å². The van der Waals surface area contributed by atoms with Gasteiger partial charge in [0.05, 0.1) is 0 Å². The number of rotatable bonds is 4. The molecule has 0 radical (unpaired) electrons. The highest BCUT2D eigenvalue weighted by Crippen LogP contribution is 2.47. The SMILES string of the molecule is CCc1ccccc1SS[P+](=O)O. The molecule has 0 saturated carbocycles. The third kappa shape index (κ3) is 3.69. The molecule has 70 valence electrons. The Balaban J connectivity index is 2.69. The van der Waals surface area contributed by atoms with E-state index < -0.39 is 7.23 Å². The van der Waals surface area contributed by atoms with Crippen LogP contribution < -0.4 is 0 Å². The average Bonchev–Trinajstić information content (AvgIpc) is 2.15. The molecule has 1 atom stereocenters. The second kappa shape index (κ2) is 5.66. The summed E-state index contributed by atoms with van der Waals surface area (Å²) in [6, 6.07) is 7.92. The Kier molecular flexibility index (Phi) is 4.81. The van der Waals surface area contributed by atoms with Gasteiger partial charge in [-0.15, -0.1) is 4.89 Å². The van der Waals surface area contributed by atoms with E-state index in [9.17, 15) is 4.57 Å². The van der Waals surface area contributed by atoms with Crippen LogP contribution in [-0.2, 0) is 11.0 Å². The third-order valence-corrected chi connectivity index (χ3v) is 5.29. The molecule has 1 unspecified atom stereocenters. The zero-order valence-electron chi connectivity index (χ0n) is 7.14. The summed E-state index contributed by atoms with van der Waals surface area (Å²) in [4.78, 5) is 9.70. The summed E-state index contributed by atoms with van der Waals surface area (Å²) >= 11 is 0. The van der Waals surface area contributed by atoms with Crippen molar-refractivity contribution in [2.24, 2.45) is 0 Å². The lowest BCUT2D eigenvalue weighted by molar-refractivity contribution is 0.520. The van der Waals surface area contributed by atoms with Gasteiger partial charge in [0, 0.05) is 4.90 Å². The van der Waals surface area contributed by atoms with Crippen molar-refractivity contribution in [1.82, 2.24) is 0 Å². The van der Waals surface area contributed by atoms with Crippen LogP contribution in [0.4, 0.5) is 0 Å². The van der Waals surface area contributed by atoms with E-state index in [1.807, 2.05) is 24.3 Å². The molecule has 2 nitrogen and oxygen atoms in total. The van der Waals surface area contributed by atoms with Gasteiger partial charge in [-0.2, -0.15) is 0 Å². The second-order valence-electron chi connectivity index (χ2n) is 2.36. The molecule has 0 fully saturated rings. The monoisotopic (exact) mass is 233 g/mol. The van der Waals surface area contributed by atoms with Crippen molar-refractivity contribution in [3.05, 3.63) is 29.8 Å². The molecule has 0 saturated heterocycles. The van der Waals surface area contributed by atoms with Gasteiger partial charge in [0.25, 0.3) is 0 Å². The Labute approximate surface area is 86.1 Å². The molecule has 13 heavy (non-hydrogen) atoms. The van der Waals surface area contributed by atoms with Gasteiger partial charge in [-0.3, -0.25) is 0 Å². The first-order valence-corrected chi connectivity index (χ1v) is 7.79. The first-order chi connectivity index (χ1) is 6.24. The van der Waals surface area contributed by atoms with E-state index in [1.54, 1.807) is 0 Å². The summed E-state index contributed by atoms with van der Waals surface area (Å²) in [5.41, 5.74) is 1.22. The Morgan fingerprint density at radius 3 is 2.77 bits per heavy atom. The first kappa shape index (κ1) is 11.1.